The SMILES string of the molecule is C[C@@H](NC(=O)N1CCC2(CCn3nc(-c4cnc(N)c(C#N)c4)cc32)C1)c1ccncc1. The van der Waals surface area contributed by atoms with Gasteiger partial charge in [-0.25, -0.2) is 9.78 Å². The topological polar surface area (TPSA) is 126 Å². The van der Waals surface area contributed by atoms with Crippen LogP contribution in [0.3, 0.4) is 0 Å². The highest BCUT2D eigenvalue weighted by molar-refractivity contribution is 5.75. The van der Waals surface area contributed by atoms with Gasteiger partial charge < -0.3 is 16.0 Å². The molecule has 1 unspecified atom stereocenters. The Morgan fingerprint density at radius 1 is 1.28 bits per heavy atom. The molecule has 2 atom stereocenters. The van der Waals surface area contributed by atoms with Crippen molar-refractivity contribution in [2.45, 2.75) is 37.8 Å². The van der Waals surface area contributed by atoms with Gasteiger partial charge in [0, 0.05) is 54.9 Å². The number of pyridine rings is 2. The first kappa shape index (κ1) is 20.0. The molecule has 3 N–H and O–H groups in total. The van der Waals surface area contributed by atoms with Crippen LogP contribution in [-0.2, 0) is 12.0 Å². The van der Waals surface area contributed by atoms with Gasteiger partial charge >= 0.3 is 6.03 Å². The number of hydrogen-bond donors (Lipinski definition) is 2. The molecule has 2 aliphatic heterocycles. The van der Waals surface area contributed by atoms with Crippen molar-refractivity contribution in [1.29, 1.82) is 5.26 Å². The molecule has 1 spiro atoms. The number of fused-ring (bicyclic) bond motifs is 2. The normalized spacial score (nSPS) is 20.2. The first-order valence-electron chi connectivity index (χ1n) is 10.7. The summed E-state index contributed by atoms with van der Waals surface area (Å²) in [5.41, 5.74) is 9.72. The lowest BCUT2D eigenvalue weighted by Gasteiger charge is -2.25. The Morgan fingerprint density at radius 2 is 2.06 bits per heavy atom. The Kier molecular flexibility index (Phi) is 4.78. The monoisotopic (exact) mass is 428 g/mol. The van der Waals surface area contributed by atoms with Crippen LogP contribution in [0, 0.1) is 11.3 Å². The number of rotatable bonds is 3. The van der Waals surface area contributed by atoms with Crippen LogP contribution in [-0.4, -0.2) is 43.8 Å². The summed E-state index contributed by atoms with van der Waals surface area (Å²) >= 11 is 0. The number of amides is 2. The molecule has 2 amide bonds. The predicted molar refractivity (Wildman–Crippen MR) is 118 cm³/mol. The average Bonchev–Trinajstić information content (AvgIpc) is 3.51. The van der Waals surface area contributed by atoms with Crippen molar-refractivity contribution in [3.63, 3.8) is 0 Å². The van der Waals surface area contributed by atoms with Crippen LogP contribution in [0.2, 0.25) is 0 Å². The minimum atomic E-state index is -0.0954. The molecule has 1 saturated heterocycles. The van der Waals surface area contributed by atoms with Crippen LogP contribution in [0.4, 0.5) is 10.6 Å². The second-order valence-electron chi connectivity index (χ2n) is 8.56. The highest BCUT2D eigenvalue weighted by atomic mass is 16.2. The second kappa shape index (κ2) is 7.64. The lowest BCUT2D eigenvalue weighted by molar-refractivity contribution is 0.202. The van der Waals surface area contributed by atoms with Gasteiger partial charge in [0.1, 0.15) is 11.9 Å². The summed E-state index contributed by atoms with van der Waals surface area (Å²) in [4.78, 5) is 23.0. The number of aryl methyl sites for hydroxylation is 1. The quantitative estimate of drug-likeness (QED) is 0.660. The lowest BCUT2D eigenvalue weighted by Crippen LogP contribution is -2.41. The van der Waals surface area contributed by atoms with E-state index in [9.17, 15) is 10.1 Å². The van der Waals surface area contributed by atoms with Crippen molar-refractivity contribution in [3.8, 4) is 17.3 Å². The summed E-state index contributed by atoms with van der Waals surface area (Å²) in [7, 11) is 0. The van der Waals surface area contributed by atoms with Gasteiger partial charge in [-0.1, -0.05) is 0 Å². The van der Waals surface area contributed by atoms with Gasteiger partial charge in [-0.05, 0) is 49.6 Å². The molecule has 3 aromatic rings. The summed E-state index contributed by atoms with van der Waals surface area (Å²) in [6.45, 7) is 4.16. The fraction of sp³-hybridized carbons (Fsp3) is 0.348. The Balaban J connectivity index is 1.33. The maximum atomic E-state index is 12.9. The van der Waals surface area contributed by atoms with Gasteiger partial charge in [0.15, 0.2) is 0 Å². The molecule has 0 aromatic carbocycles. The summed E-state index contributed by atoms with van der Waals surface area (Å²) in [6, 6.07) is 9.56. The van der Waals surface area contributed by atoms with Gasteiger partial charge in [0.25, 0.3) is 0 Å². The highest BCUT2D eigenvalue weighted by Gasteiger charge is 2.47. The summed E-state index contributed by atoms with van der Waals surface area (Å²) < 4.78 is 2.03. The van der Waals surface area contributed by atoms with Gasteiger partial charge in [-0.2, -0.15) is 10.4 Å². The van der Waals surface area contributed by atoms with Crippen molar-refractivity contribution in [2.24, 2.45) is 0 Å². The van der Waals surface area contributed by atoms with Crippen molar-refractivity contribution in [1.82, 2.24) is 30.0 Å². The third-order valence-electron chi connectivity index (χ3n) is 6.65. The molecule has 5 heterocycles. The van der Waals surface area contributed by atoms with Crippen LogP contribution in [0.1, 0.15) is 42.6 Å². The second-order valence-corrected chi connectivity index (χ2v) is 8.56. The number of nitrogens with zero attached hydrogens (tertiary/aromatic N) is 6. The molecule has 0 radical (unpaired) electrons. The molecule has 32 heavy (non-hydrogen) atoms. The summed E-state index contributed by atoms with van der Waals surface area (Å²) in [5, 5.41) is 17.1. The van der Waals surface area contributed by atoms with Crippen molar-refractivity contribution in [3.05, 3.63) is 59.7 Å². The maximum absolute atomic E-state index is 12.9. The highest BCUT2D eigenvalue weighted by Crippen LogP contribution is 2.43. The Labute approximate surface area is 185 Å². The van der Waals surface area contributed by atoms with E-state index in [-0.39, 0.29) is 23.3 Å². The molecule has 9 nitrogen and oxygen atoms in total. The fourth-order valence-corrected chi connectivity index (χ4v) is 4.78. The minimum Gasteiger partial charge on any atom is -0.383 e. The lowest BCUT2D eigenvalue weighted by atomic mass is 9.82. The molecule has 5 rings (SSSR count). The first-order valence-corrected chi connectivity index (χ1v) is 10.7. The molecule has 0 saturated carbocycles. The molecule has 9 heteroatoms. The zero-order valence-electron chi connectivity index (χ0n) is 17.8. The molecule has 162 valence electrons. The van der Waals surface area contributed by atoms with E-state index in [1.807, 2.05) is 28.6 Å². The largest absolute Gasteiger partial charge is 0.383 e. The van der Waals surface area contributed by atoms with E-state index in [0.29, 0.717) is 18.7 Å². The maximum Gasteiger partial charge on any atom is 0.317 e. The number of nitrogens with two attached hydrogens (primary N) is 1. The van der Waals surface area contributed by atoms with Crippen LogP contribution >= 0.6 is 0 Å². The van der Waals surface area contributed by atoms with Crippen molar-refractivity contribution in [2.75, 3.05) is 18.8 Å². The summed E-state index contributed by atoms with van der Waals surface area (Å²) in [5.74, 6) is 0.220. The van der Waals surface area contributed by atoms with Crippen LogP contribution in [0.5, 0.6) is 0 Å². The predicted octanol–water partition coefficient (Wildman–Crippen LogP) is 2.61. The Morgan fingerprint density at radius 3 is 2.84 bits per heavy atom. The molecule has 0 aliphatic carbocycles. The number of nitrogen functional groups attached to an aromatic ring is 1. The average molecular weight is 429 g/mol. The number of anilines is 1. The van der Waals surface area contributed by atoms with E-state index in [2.05, 4.69) is 27.4 Å². The molecule has 1 fully saturated rings. The van der Waals surface area contributed by atoms with Gasteiger partial charge in [-0.3, -0.25) is 9.67 Å². The van der Waals surface area contributed by atoms with E-state index in [1.165, 1.54) is 0 Å². The van der Waals surface area contributed by atoms with Gasteiger partial charge in [-0.15, -0.1) is 0 Å². The van der Waals surface area contributed by atoms with E-state index < -0.39 is 0 Å². The number of likely N-dealkylation sites (tertiary alicyclic amines) is 1. The minimum absolute atomic E-state index is 0.0502. The van der Waals surface area contributed by atoms with E-state index in [4.69, 9.17) is 10.8 Å². The van der Waals surface area contributed by atoms with Gasteiger partial charge in [0.05, 0.1) is 17.3 Å². The Bertz CT molecular complexity index is 1210. The third kappa shape index (κ3) is 3.34. The van der Waals surface area contributed by atoms with E-state index >= 15 is 0 Å². The van der Waals surface area contributed by atoms with Crippen LogP contribution in [0.15, 0.2) is 42.9 Å². The first-order chi connectivity index (χ1) is 15.5. The number of hydrogen-bond acceptors (Lipinski definition) is 6. The smallest absolute Gasteiger partial charge is 0.317 e. The molecule has 2 aliphatic rings. The van der Waals surface area contributed by atoms with Crippen molar-refractivity contribution < 1.29 is 4.79 Å². The zero-order chi connectivity index (χ0) is 22.3. The van der Waals surface area contributed by atoms with Crippen LogP contribution in [0.25, 0.3) is 11.3 Å². The number of carbonyl (C=O) groups excluding carboxylic acids is 1. The number of urea groups is 1. The zero-order valence-corrected chi connectivity index (χ0v) is 17.8. The fourth-order valence-electron chi connectivity index (χ4n) is 4.78. The van der Waals surface area contributed by atoms with E-state index in [1.54, 1.807) is 24.7 Å². The van der Waals surface area contributed by atoms with E-state index in [0.717, 1.165) is 41.9 Å². The molecular formula is C23H24N8O. The van der Waals surface area contributed by atoms with Gasteiger partial charge in [0.2, 0.25) is 0 Å². The third-order valence-corrected chi connectivity index (χ3v) is 6.65. The molecular weight excluding hydrogens is 404 g/mol. The number of aromatic nitrogens is 4. The standard InChI is InChI=1S/C23H24N8O/c1-15(16-2-6-26-7-3-16)28-22(32)30-8-4-23(14-30)5-9-31-20(23)11-19(29-31)18-10-17(12-24)21(25)27-13-18/h2-3,6-7,10-11,13,15H,4-5,8-9,14H2,1H3,(H2,25,27)(H,28,32)/t15-,23?/m1/s1. The Hall–Kier alpha value is -3.93. The number of nitrogens with one attached hydrogen (secondary N) is 1. The van der Waals surface area contributed by atoms with Crippen LogP contribution < -0.4 is 11.1 Å². The summed E-state index contributed by atoms with van der Waals surface area (Å²) in [6.07, 6.45) is 6.98. The number of carbonyl (C=O) groups is 1. The number of nitriles is 1. The molecule has 0 bridgehead atoms. The van der Waals surface area contributed by atoms with Crippen molar-refractivity contribution >= 4 is 11.8 Å². The molecule has 3 aromatic heterocycles.